The largest absolute Gasteiger partial charge is 0.508 e. The number of phenolic OH excluding ortho intramolecular Hbond substituents is 1. The lowest BCUT2D eigenvalue weighted by Gasteiger charge is -2.03. The molecule has 0 bridgehead atoms. The van der Waals surface area contributed by atoms with Crippen LogP contribution in [0.2, 0.25) is 0 Å². The second-order valence-electron chi connectivity index (χ2n) is 24.6. The lowest BCUT2D eigenvalue weighted by atomic mass is 10.0. The highest BCUT2D eigenvalue weighted by Crippen LogP contribution is 2.25. The number of amidine groups is 9. The van der Waals surface area contributed by atoms with E-state index < -0.39 is 6.10 Å². The number of nitrogens with two attached hydrogens (primary N) is 9. The van der Waals surface area contributed by atoms with Crippen LogP contribution in [0.1, 0.15) is 121 Å². The van der Waals surface area contributed by atoms with Crippen LogP contribution in [0.4, 0.5) is 0 Å². The Kier molecular flexibility index (Phi) is 30.7. The number of fused-ring (bicyclic) bond motifs is 1. The van der Waals surface area contributed by atoms with E-state index >= 15 is 0 Å². The van der Waals surface area contributed by atoms with Crippen molar-refractivity contribution < 1.29 is 15.3 Å². The van der Waals surface area contributed by atoms with Crippen molar-refractivity contribution in [2.45, 2.75) is 131 Å². The van der Waals surface area contributed by atoms with Crippen LogP contribution in [0, 0.1) is 11.8 Å². The highest BCUT2D eigenvalue weighted by molar-refractivity contribution is 5.90. The molecule has 11 heterocycles. The Hall–Kier alpha value is -11.0. The molecule has 5 aromatic rings. The number of aromatic hydroxyl groups is 1. The monoisotopic (exact) mass is 1320 g/mol. The molecule has 23 N–H and O–H groups in total. The smallest absolute Gasteiger partial charge is 0.115 e. The Morgan fingerprint density at radius 3 is 1.26 bits per heavy atom. The normalized spacial score (nSPS) is 16.8. The third-order valence-corrected chi connectivity index (χ3v) is 15.0. The van der Waals surface area contributed by atoms with Gasteiger partial charge in [0.15, 0.2) is 0 Å². The van der Waals surface area contributed by atoms with Crippen molar-refractivity contribution >= 4 is 63.4 Å². The number of benzene rings is 3. The molecule has 1 atom stereocenters. The molecule has 2 aromatic heterocycles. The number of phenols is 1. The van der Waals surface area contributed by atoms with Gasteiger partial charge in [0.2, 0.25) is 0 Å². The Balaban J connectivity index is 0.000000175. The van der Waals surface area contributed by atoms with Gasteiger partial charge in [-0.1, -0.05) is 94.4 Å². The molecule has 14 rings (SSSR count). The molecule has 0 spiro atoms. The fourth-order valence-corrected chi connectivity index (χ4v) is 9.97. The van der Waals surface area contributed by atoms with E-state index in [1.54, 1.807) is 44.0 Å². The predicted octanol–water partition coefficient (Wildman–Crippen LogP) is 9.27. The molecule has 9 aliphatic rings. The number of imidazole rings is 1. The minimum absolute atomic E-state index is 0.0736. The van der Waals surface area contributed by atoms with E-state index in [1.807, 2.05) is 73.7 Å². The second-order valence-corrected chi connectivity index (χ2v) is 24.6. The summed E-state index contributed by atoms with van der Waals surface area (Å²) in [5.41, 5.74) is 64.7. The number of para-hydroxylation sites is 1. The Bertz CT molecular complexity index is 3950. The molecule has 0 saturated heterocycles. The van der Waals surface area contributed by atoms with Crippen LogP contribution >= 0.6 is 0 Å². The Morgan fingerprint density at radius 1 is 0.443 bits per heavy atom. The number of aliphatic hydroxyl groups is 2. The van der Waals surface area contributed by atoms with E-state index in [9.17, 15) is 0 Å². The minimum Gasteiger partial charge on any atom is -0.508 e. The van der Waals surface area contributed by atoms with Crippen LogP contribution < -0.4 is 51.6 Å². The van der Waals surface area contributed by atoms with Crippen LogP contribution in [0.25, 0.3) is 10.9 Å². The molecule has 24 nitrogen and oxygen atoms in total. The van der Waals surface area contributed by atoms with Crippen molar-refractivity contribution in [1.29, 1.82) is 0 Å². The number of aromatic amines is 2. The van der Waals surface area contributed by atoms with E-state index in [0.717, 1.165) is 123 Å². The third-order valence-electron chi connectivity index (χ3n) is 15.0. The van der Waals surface area contributed by atoms with Gasteiger partial charge in [0.1, 0.15) is 58.3 Å². The van der Waals surface area contributed by atoms with Gasteiger partial charge in [-0.15, -0.1) is 0 Å². The molecule has 512 valence electrons. The molecular formula is C73H97N21O3. The molecule has 0 fully saturated rings. The van der Waals surface area contributed by atoms with Crippen molar-refractivity contribution in [3.8, 4) is 5.75 Å². The van der Waals surface area contributed by atoms with E-state index in [2.05, 4.69) is 136 Å². The molecule has 0 amide bonds. The van der Waals surface area contributed by atoms with Gasteiger partial charge in [0.25, 0.3) is 0 Å². The first kappa shape index (κ1) is 75.1. The van der Waals surface area contributed by atoms with Crippen LogP contribution in [0.5, 0.6) is 5.75 Å². The quantitative estimate of drug-likeness (QED) is 0.0523. The van der Waals surface area contributed by atoms with E-state index in [-0.39, 0.29) is 6.61 Å². The van der Waals surface area contributed by atoms with Gasteiger partial charge < -0.3 is 76.9 Å². The van der Waals surface area contributed by atoms with Crippen molar-refractivity contribution in [3.63, 3.8) is 0 Å². The van der Waals surface area contributed by atoms with E-state index in [0.29, 0.717) is 53.8 Å². The highest BCUT2D eigenvalue weighted by atomic mass is 16.3. The van der Waals surface area contributed by atoms with Gasteiger partial charge in [-0.3, -0.25) is 0 Å². The van der Waals surface area contributed by atoms with Crippen molar-refractivity contribution in [2.75, 3.05) is 6.61 Å². The summed E-state index contributed by atoms with van der Waals surface area (Å²) in [5.74, 6) is 7.83. The van der Waals surface area contributed by atoms with Crippen LogP contribution in [0.15, 0.2) is 249 Å². The number of aliphatic hydroxyl groups excluding tert-OH is 2. The number of aliphatic imine (C=N–C) groups is 9. The van der Waals surface area contributed by atoms with Crippen molar-refractivity contribution in [2.24, 2.45) is 108 Å². The van der Waals surface area contributed by atoms with Crippen LogP contribution in [0.3, 0.4) is 0 Å². The zero-order valence-corrected chi connectivity index (χ0v) is 56.4. The summed E-state index contributed by atoms with van der Waals surface area (Å²) in [4.78, 5) is 45.7. The first-order chi connectivity index (χ1) is 46.5. The van der Waals surface area contributed by atoms with E-state index in [4.69, 9.17) is 66.9 Å². The first-order valence-electron chi connectivity index (χ1n) is 32.2. The number of hydrogen-bond donors (Lipinski definition) is 14. The number of rotatable bonds is 13. The fraction of sp³-hybridized carbons (Fsp3) is 0.315. The summed E-state index contributed by atoms with van der Waals surface area (Å²) in [6, 6.07) is 25.9. The molecule has 0 saturated carbocycles. The van der Waals surface area contributed by atoms with Crippen molar-refractivity contribution in [1.82, 2.24) is 15.0 Å². The number of H-pyrrole nitrogens is 2. The molecule has 9 aliphatic heterocycles. The minimum atomic E-state index is -0.408. The summed E-state index contributed by atoms with van der Waals surface area (Å²) < 4.78 is 0. The molecule has 0 radical (unpaired) electrons. The molecule has 1 unspecified atom stereocenters. The first-order valence-corrected chi connectivity index (χ1v) is 32.2. The molecule has 24 heteroatoms. The average molecular weight is 1320 g/mol. The molecule has 3 aromatic carbocycles. The van der Waals surface area contributed by atoms with Gasteiger partial charge in [-0.25, -0.2) is 49.9 Å². The summed E-state index contributed by atoms with van der Waals surface area (Å²) in [6.45, 7) is 10.5. The maximum atomic E-state index is 9.10. The topological polar surface area (TPSA) is 451 Å². The number of aromatic nitrogens is 3. The zero-order valence-electron chi connectivity index (χ0n) is 56.4. The van der Waals surface area contributed by atoms with Gasteiger partial charge in [-0.2, -0.15) is 0 Å². The molecular weight excluding hydrogens is 1220 g/mol. The SMILES string of the molecule is CC(C)C1=CN=C(N)C1.CC(C)CC1=CN=C(N)C1.CC(O)C1=CN=C(N)C1.NC1=NC=C(CO)C1.NC1=NC=C(Cc2c[nH]c3ccccc23)C1.NC1=NC=C(Cc2ccc(O)cc2)C1.NC1=NC=C(Cc2ccccc2)C1.NC1=NC=C(Cc2cnc[nH]2)C1.NC1=NC=CC1. The third kappa shape index (κ3) is 28.6. The number of nitrogens with one attached hydrogen (secondary N) is 2. The predicted molar refractivity (Wildman–Crippen MR) is 399 cm³/mol. The Labute approximate surface area is 568 Å². The highest BCUT2D eigenvalue weighted by Gasteiger charge is 2.15. The maximum absolute atomic E-state index is 9.10. The lowest BCUT2D eigenvalue weighted by molar-refractivity contribution is 0.230. The number of hydrogen-bond acceptors (Lipinski definition) is 22. The number of nitrogens with zero attached hydrogens (tertiary/aromatic N) is 10. The van der Waals surface area contributed by atoms with Crippen LogP contribution in [-0.2, 0) is 25.7 Å². The molecule has 97 heavy (non-hydrogen) atoms. The summed E-state index contributed by atoms with van der Waals surface area (Å²) in [7, 11) is 0. The molecule has 0 aliphatic carbocycles. The van der Waals surface area contributed by atoms with Gasteiger partial charge >= 0.3 is 0 Å². The summed E-state index contributed by atoms with van der Waals surface area (Å²) in [6.07, 6.45) is 35.0. The van der Waals surface area contributed by atoms with Gasteiger partial charge in [0.05, 0.1) is 19.0 Å². The second kappa shape index (κ2) is 39.7. The average Bonchev–Trinajstić information content (AvgIpc) is 1.71. The fourth-order valence-electron chi connectivity index (χ4n) is 9.97. The van der Waals surface area contributed by atoms with E-state index in [1.165, 1.54) is 61.0 Å². The zero-order chi connectivity index (χ0) is 70.1. The van der Waals surface area contributed by atoms with Crippen molar-refractivity contribution in [3.05, 3.63) is 226 Å². The standard InChI is InChI=1S/C13H13N3.C11H12N2O.C11H12N2.C8H10N4.C8H14N2.C7H12N2.C6H10N2O.C5H8N2O.C4H6N2/c14-13-6-9(7-16-13)5-10-8-15-12-4-2-1-3-11(10)12;12-11-6-9(7-13-11)5-8-1-3-10(14)4-2-8;12-11-7-10(8-13-11)6-9-4-2-1-3-5-9;9-8-2-6(3-11-8)1-7-4-10-5-12-7;1-6(2)3-7-4-8(9)10-5-7;1-5(2)6-3-7(8)9-4-6;1-4(9)5-2-6(7)8-3-5;6-5-1-4(3-8)2-7-5;5-4-2-1-3-6-4/h1-4,7-8,15H,5-6H2,(H2,14,16);1-4,7,14H,5-6H2,(H2,12,13);1-5,8H,6-7H2,(H2,12,13);3-5H,1-2H2,(H2,9,11)(H,10,12);5-6H,3-4H2,1-2H3,(H2,9,10);4-5H,3H2,1-2H3,(H2,8,9);3-4,9H,2H2,1H3,(H2,7,8);2,8H,1,3H2,(H2,6,7);1,3H,2H2,(H2,5,6). The van der Waals surface area contributed by atoms with Crippen LogP contribution in [-0.4, -0.2) is 95.5 Å². The summed E-state index contributed by atoms with van der Waals surface area (Å²) >= 11 is 0. The van der Waals surface area contributed by atoms with Gasteiger partial charge in [-0.05, 0) is 124 Å². The van der Waals surface area contributed by atoms with Gasteiger partial charge in [0, 0.05) is 149 Å². The Morgan fingerprint density at radius 2 is 0.887 bits per heavy atom. The lowest BCUT2D eigenvalue weighted by Crippen LogP contribution is -2.12. The maximum Gasteiger partial charge on any atom is 0.115 e. The summed E-state index contributed by atoms with van der Waals surface area (Å²) in [5, 5.41) is 27.8.